The minimum Gasteiger partial charge on any atom is -0.507 e. The number of aromatic amines is 1. The van der Waals surface area contributed by atoms with Crippen molar-refractivity contribution in [3.63, 3.8) is 0 Å². The maximum Gasteiger partial charge on any atom is 0.287 e. The van der Waals surface area contributed by atoms with Gasteiger partial charge in [0.25, 0.3) is 5.91 Å². The molecule has 0 saturated carbocycles. The molecule has 28 heavy (non-hydrogen) atoms. The van der Waals surface area contributed by atoms with Crippen LogP contribution in [0.5, 0.6) is 11.5 Å². The average Bonchev–Trinajstić information content (AvgIpc) is 3.21. The van der Waals surface area contributed by atoms with E-state index in [0.29, 0.717) is 29.3 Å². The number of hydrazine groups is 1. The highest BCUT2D eigenvalue weighted by Gasteiger charge is 2.12. The molecule has 0 atom stereocenters. The second-order valence-corrected chi connectivity index (χ2v) is 6.11. The van der Waals surface area contributed by atoms with Crippen LogP contribution in [0.15, 0.2) is 61.2 Å². The SMILES string of the molecule is C=C(NNC(=O)c1cc(-c2ccc(OCCC)cc2)n[nH]1)c1ccccc1O. The summed E-state index contributed by atoms with van der Waals surface area (Å²) in [4.78, 5) is 12.3. The summed E-state index contributed by atoms with van der Waals surface area (Å²) in [5.41, 5.74) is 7.90. The van der Waals surface area contributed by atoms with E-state index in [4.69, 9.17) is 4.74 Å². The Bertz CT molecular complexity index is 964. The second kappa shape index (κ2) is 8.77. The number of benzene rings is 2. The molecule has 2 aromatic carbocycles. The lowest BCUT2D eigenvalue weighted by Crippen LogP contribution is -2.36. The maximum atomic E-state index is 12.3. The van der Waals surface area contributed by atoms with E-state index < -0.39 is 5.91 Å². The molecule has 3 rings (SSSR count). The van der Waals surface area contributed by atoms with Crippen LogP contribution in [-0.4, -0.2) is 27.8 Å². The number of hydrogen-bond acceptors (Lipinski definition) is 5. The van der Waals surface area contributed by atoms with Gasteiger partial charge in [-0.05, 0) is 48.9 Å². The van der Waals surface area contributed by atoms with Gasteiger partial charge in [0.1, 0.15) is 17.2 Å². The Morgan fingerprint density at radius 1 is 1.18 bits per heavy atom. The zero-order chi connectivity index (χ0) is 19.9. The topological polar surface area (TPSA) is 99.3 Å². The Kier molecular flexibility index (Phi) is 5.96. The fourth-order valence-electron chi connectivity index (χ4n) is 2.52. The summed E-state index contributed by atoms with van der Waals surface area (Å²) < 4.78 is 5.56. The van der Waals surface area contributed by atoms with Gasteiger partial charge >= 0.3 is 0 Å². The van der Waals surface area contributed by atoms with Gasteiger partial charge in [0.2, 0.25) is 0 Å². The van der Waals surface area contributed by atoms with Crippen LogP contribution in [-0.2, 0) is 0 Å². The molecule has 7 heteroatoms. The van der Waals surface area contributed by atoms with E-state index in [1.54, 1.807) is 30.3 Å². The highest BCUT2D eigenvalue weighted by molar-refractivity contribution is 5.93. The van der Waals surface area contributed by atoms with Crippen LogP contribution in [0.3, 0.4) is 0 Å². The largest absolute Gasteiger partial charge is 0.507 e. The molecule has 144 valence electrons. The Morgan fingerprint density at radius 3 is 2.64 bits per heavy atom. The normalized spacial score (nSPS) is 10.3. The Hall–Kier alpha value is -3.74. The van der Waals surface area contributed by atoms with Crippen molar-refractivity contribution in [3.8, 4) is 22.8 Å². The van der Waals surface area contributed by atoms with Gasteiger partial charge in [0.15, 0.2) is 0 Å². The fourth-order valence-corrected chi connectivity index (χ4v) is 2.52. The first kappa shape index (κ1) is 19.0. The van der Waals surface area contributed by atoms with Gasteiger partial charge in [-0.3, -0.25) is 20.7 Å². The highest BCUT2D eigenvalue weighted by atomic mass is 16.5. The Morgan fingerprint density at radius 2 is 1.93 bits per heavy atom. The lowest BCUT2D eigenvalue weighted by molar-refractivity contribution is 0.0937. The summed E-state index contributed by atoms with van der Waals surface area (Å²) in [6, 6.07) is 15.9. The molecule has 1 aromatic heterocycles. The quantitative estimate of drug-likeness (QED) is 0.450. The standard InChI is InChI=1S/C21H22N4O3/c1-3-12-28-16-10-8-15(9-11-16)18-13-19(24-23-18)21(27)25-22-14(2)17-6-4-5-7-20(17)26/h4-11,13,22,26H,2-3,12H2,1H3,(H,23,24)(H,25,27). The van der Waals surface area contributed by atoms with Crippen LogP contribution < -0.4 is 15.6 Å². The van der Waals surface area contributed by atoms with Crippen molar-refractivity contribution in [2.45, 2.75) is 13.3 Å². The van der Waals surface area contributed by atoms with Gasteiger partial charge < -0.3 is 9.84 Å². The summed E-state index contributed by atoms with van der Waals surface area (Å²) in [7, 11) is 0. The minimum atomic E-state index is -0.404. The van der Waals surface area contributed by atoms with Crippen LogP contribution in [0.4, 0.5) is 0 Å². The van der Waals surface area contributed by atoms with Crippen LogP contribution in [0.2, 0.25) is 0 Å². The van der Waals surface area contributed by atoms with E-state index in [1.165, 1.54) is 0 Å². The van der Waals surface area contributed by atoms with Crippen molar-refractivity contribution in [2.75, 3.05) is 6.61 Å². The van der Waals surface area contributed by atoms with Gasteiger partial charge in [0.05, 0.1) is 18.0 Å². The molecule has 3 aromatic rings. The first-order valence-electron chi connectivity index (χ1n) is 8.90. The van der Waals surface area contributed by atoms with E-state index in [-0.39, 0.29) is 5.75 Å². The first-order valence-corrected chi connectivity index (χ1v) is 8.90. The van der Waals surface area contributed by atoms with Gasteiger partial charge in [-0.1, -0.05) is 25.6 Å². The zero-order valence-electron chi connectivity index (χ0n) is 15.5. The molecule has 0 aliphatic carbocycles. The summed E-state index contributed by atoms with van der Waals surface area (Å²) >= 11 is 0. The number of aromatic hydroxyl groups is 1. The Balaban J connectivity index is 1.61. The third kappa shape index (κ3) is 4.50. The van der Waals surface area contributed by atoms with Crippen molar-refractivity contribution in [3.05, 3.63) is 72.4 Å². The van der Waals surface area contributed by atoms with Crippen molar-refractivity contribution >= 4 is 11.6 Å². The number of hydrogen-bond donors (Lipinski definition) is 4. The summed E-state index contributed by atoms with van der Waals surface area (Å²) in [5.74, 6) is 0.466. The number of phenols is 1. The second-order valence-electron chi connectivity index (χ2n) is 6.11. The Labute approximate surface area is 163 Å². The minimum absolute atomic E-state index is 0.0736. The summed E-state index contributed by atoms with van der Waals surface area (Å²) in [6.07, 6.45) is 0.948. The van der Waals surface area contributed by atoms with Crippen LogP contribution in [0, 0.1) is 0 Å². The van der Waals surface area contributed by atoms with Gasteiger partial charge in [-0.25, -0.2) is 0 Å². The number of para-hydroxylation sites is 1. The number of phenolic OH excluding ortho intramolecular Hbond substituents is 1. The van der Waals surface area contributed by atoms with E-state index in [0.717, 1.165) is 17.7 Å². The molecular formula is C21H22N4O3. The summed E-state index contributed by atoms with van der Waals surface area (Å²) in [5, 5.41) is 16.7. The van der Waals surface area contributed by atoms with E-state index in [2.05, 4.69) is 34.6 Å². The predicted molar refractivity (Wildman–Crippen MR) is 108 cm³/mol. The van der Waals surface area contributed by atoms with Gasteiger partial charge in [-0.15, -0.1) is 0 Å². The first-order chi connectivity index (χ1) is 13.6. The number of nitrogens with zero attached hydrogens (tertiary/aromatic N) is 1. The van der Waals surface area contributed by atoms with Crippen molar-refractivity contribution < 1.29 is 14.6 Å². The lowest BCUT2D eigenvalue weighted by Gasteiger charge is -2.11. The number of amides is 1. The third-order valence-corrected chi connectivity index (χ3v) is 4.00. The maximum absolute atomic E-state index is 12.3. The summed E-state index contributed by atoms with van der Waals surface area (Å²) in [6.45, 7) is 6.53. The van der Waals surface area contributed by atoms with Gasteiger partial charge in [-0.2, -0.15) is 5.10 Å². The smallest absolute Gasteiger partial charge is 0.287 e. The fraction of sp³-hybridized carbons (Fsp3) is 0.143. The van der Waals surface area contributed by atoms with E-state index in [9.17, 15) is 9.90 Å². The van der Waals surface area contributed by atoms with E-state index in [1.807, 2.05) is 24.3 Å². The monoisotopic (exact) mass is 378 g/mol. The molecule has 0 fully saturated rings. The average molecular weight is 378 g/mol. The van der Waals surface area contributed by atoms with E-state index >= 15 is 0 Å². The number of aromatic nitrogens is 2. The predicted octanol–water partition coefficient (Wildman–Crippen LogP) is 3.48. The molecular weight excluding hydrogens is 356 g/mol. The number of rotatable bonds is 8. The molecule has 0 aliphatic rings. The van der Waals surface area contributed by atoms with Crippen molar-refractivity contribution in [1.29, 1.82) is 0 Å². The molecule has 0 unspecified atom stereocenters. The van der Waals surface area contributed by atoms with Crippen LogP contribution >= 0.6 is 0 Å². The zero-order valence-corrected chi connectivity index (χ0v) is 15.5. The highest BCUT2D eigenvalue weighted by Crippen LogP contribution is 2.22. The number of carbonyl (C=O) groups excluding carboxylic acids is 1. The van der Waals surface area contributed by atoms with Crippen LogP contribution in [0.25, 0.3) is 17.0 Å². The molecule has 0 saturated heterocycles. The third-order valence-electron chi connectivity index (χ3n) is 4.00. The van der Waals surface area contributed by atoms with Crippen LogP contribution in [0.1, 0.15) is 29.4 Å². The molecule has 0 aliphatic heterocycles. The molecule has 4 N–H and O–H groups in total. The molecule has 1 heterocycles. The number of H-pyrrole nitrogens is 1. The van der Waals surface area contributed by atoms with Crippen molar-refractivity contribution in [1.82, 2.24) is 21.0 Å². The lowest BCUT2D eigenvalue weighted by atomic mass is 10.1. The molecule has 7 nitrogen and oxygen atoms in total. The van der Waals surface area contributed by atoms with Crippen molar-refractivity contribution in [2.24, 2.45) is 0 Å². The number of nitrogens with one attached hydrogen (secondary N) is 3. The molecule has 1 amide bonds. The van der Waals surface area contributed by atoms with Gasteiger partial charge in [0, 0.05) is 11.1 Å². The molecule has 0 bridgehead atoms. The molecule has 0 spiro atoms. The number of ether oxygens (including phenoxy) is 1. The molecule has 0 radical (unpaired) electrons. The number of carbonyl (C=O) groups is 1.